The van der Waals surface area contributed by atoms with Crippen molar-refractivity contribution in [3.63, 3.8) is 0 Å². The maximum atomic E-state index is 13.2. The van der Waals surface area contributed by atoms with Crippen molar-refractivity contribution in [2.45, 2.75) is 6.92 Å². The third-order valence-corrected chi connectivity index (χ3v) is 6.17. The van der Waals surface area contributed by atoms with Crippen molar-refractivity contribution in [3.05, 3.63) is 69.1 Å². The number of thiophene rings is 2. The Kier molecular flexibility index (Phi) is 5.78. The van der Waals surface area contributed by atoms with Crippen LogP contribution in [0.15, 0.2) is 47.8 Å². The normalized spacial score (nSPS) is 10.8. The number of amides is 2. The Labute approximate surface area is 183 Å². The Hall–Kier alpha value is -3.57. The van der Waals surface area contributed by atoms with Crippen molar-refractivity contribution in [2.75, 3.05) is 6.61 Å². The molecule has 0 bridgehead atoms. The molecule has 1 aromatic carbocycles. The summed E-state index contributed by atoms with van der Waals surface area (Å²) in [6, 6.07) is 10.8. The minimum absolute atomic E-state index is 0.293. The Balaban J connectivity index is 1.40. The highest BCUT2D eigenvalue weighted by atomic mass is 32.1. The zero-order valence-electron chi connectivity index (χ0n) is 16.0. The van der Waals surface area contributed by atoms with Gasteiger partial charge in [0.15, 0.2) is 6.61 Å². The molecule has 0 aliphatic carbocycles. The van der Waals surface area contributed by atoms with E-state index in [0.717, 1.165) is 16.7 Å². The monoisotopic (exact) mass is 458 g/mol. The number of nitrogens with zero attached hydrogens (tertiary/aromatic N) is 2. The van der Waals surface area contributed by atoms with Crippen LogP contribution in [0.2, 0.25) is 0 Å². The number of hydrogen-bond acceptors (Lipinski definition) is 7. The van der Waals surface area contributed by atoms with E-state index >= 15 is 0 Å². The van der Waals surface area contributed by atoms with E-state index in [4.69, 9.17) is 4.74 Å². The van der Waals surface area contributed by atoms with Gasteiger partial charge in [-0.25, -0.2) is 13.9 Å². The lowest BCUT2D eigenvalue weighted by molar-refractivity contribution is -0.125. The molecule has 158 valence electrons. The SMILES string of the molecule is Cc1nn(-c2ccc(F)cc2)c2sc(C(=O)OCC(=O)NNC(=O)c3cccs3)cc12. The van der Waals surface area contributed by atoms with E-state index in [9.17, 15) is 18.8 Å². The van der Waals surface area contributed by atoms with E-state index in [1.54, 1.807) is 47.3 Å². The molecule has 8 nitrogen and oxygen atoms in total. The molecule has 11 heteroatoms. The molecule has 2 N–H and O–H groups in total. The summed E-state index contributed by atoms with van der Waals surface area (Å²) in [5.74, 6) is -2.16. The molecule has 31 heavy (non-hydrogen) atoms. The van der Waals surface area contributed by atoms with Gasteiger partial charge in [-0.05, 0) is 48.7 Å². The van der Waals surface area contributed by atoms with Crippen LogP contribution >= 0.6 is 22.7 Å². The van der Waals surface area contributed by atoms with Gasteiger partial charge >= 0.3 is 5.97 Å². The zero-order valence-corrected chi connectivity index (χ0v) is 17.7. The Morgan fingerprint density at radius 1 is 1.13 bits per heavy atom. The molecule has 3 aromatic heterocycles. The molecule has 0 aliphatic heterocycles. The van der Waals surface area contributed by atoms with Crippen molar-refractivity contribution < 1.29 is 23.5 Å². The van der Waals surface area contributed by atoms with Gasteiger partial charge in [-0.15, -0.1) is 22.7 Å². The summed E-state index contributed by atoms with van der Waals surface area (Å²) in [6.45, 7) is 1.24. The standard InChI is InChI=1S/C20H15FN4O4S2/c1-11-14-9-16(31-19(14)25(24-11)13-6-4-12(21)5-7-13)20(28)29-10-17(26)22-23-18(27)15-3-2-8-30-15/h2-9H,10H2,1H3,(H,22,26)(H,23,27). The number of aromatic nitrogens is 2. The smallest absolute Gasteiger partial charge is 0.348 e. The molecule has 2 amide bonds. The van der Waals surface area contributed by atoms with Crippen LogP contribution < -0.4 is 10.9 Å². The molecule has 0 aliphatic rings. The maximum Gasteiger partial charge on any atom is 0.348 e. The first-order chi connectivity index (χ1) is 14.9. The Morgan fingerprint density at radius 3 is 2.61 bits per heavy atom. The fraction of sp³-hybridized carbons (Fsp3) is 0.100. The van der Waals surface area contributed by atoms with Crippen LogP contribution in [0.5, 0.6) is 0 Å². The first kappa shape index (κ1) is 20.7. The largest absolute Gasteiger partial charge is 0.451 e. The van der Waals surface area contributed by atoms with Gasteiger partial charge < -0.3 is 4.74 Å². The van der Waals surface area contributed by atoms with Gasteiger partial charge in [0.05, 0.1) is 16.3 Å². The molecule has 0 spiro atoms. The van der Waals surface area contributed by atoms with Gasteiger partial charge in [-0.3, -0.25) is 20.4 Å². The van der Waals surface area contributed by atoms with Crippen LogP contribution in [0.4, 0.5) is 4.39 Å². The molecule has 4 rings (SSSR count). The van der Waals surface area contributed by atoms with Gasteiger partial charge in [0, 0.05) is 5.39 Å². The van der Waals surface area contributed by atoms with Gasteiger partial charge in [0.2, 0.25) is 0 Å². The number of carbonyl (C=O) groups excluding carboxylic acids is 3. The van der Waals surface area contributed by atoms with Crippen LogP contribution in [0.25, 0.3) is 15.9 Å². The predicted octanol–water partition coefficient (Wildman–Crippen LogP) is 3.21. The molecular formula is C20H15FN4O4S2. The first-order valence-corrected chi connectivity index (χ1v) is 10.7. The van der Waals surface area contributed by atoms with Crippen LogP contribution in [-0.4, -0.2) is 34.2 Å². The second-order valence-electron chi connectivity index (χ2n) is 6.36. The lowest BCUT2D eigenvalue weighted by atomic mass is 10.3. The number of fused-ring (bicyclic) bond motifs is 1. The molecule has 3 heterocycles. The van der Waals surface area contributed by atoms with Gasteiger partial charge in [-0.2, -0.15) is 5.10 Å². The summed E-state index contributed by atoms with van der Waals surface area (Å²) >= 11 is 2.38. The summed E-state index contributed by atoms with van der Waals surface area (Å²) < 4.78 is 19.9. The fourth-order valence-corrected chi connectivity index (χ4v) is 4.43. The third kappa shape index (κ3) is 4.47. The number of carbonyl (C=O) groups is 3. The van der Waals surface area contributed by atoms with Crippen LogP contribution in [-0.2, 0) is 9.53 Å². The second kappa shape index (κ2) is 8.66. The Bertz CT molecular complexity index is 1260. The molecule has 0 saturated carbocycles. The number of hydrazine groups is 1. The molecule has 0 unspecified atom stereocenters. The van der Waals surface area contributed by atoms with E-state index in [1.165, 1.54) is 23.5 Å². The zero-order chi connectivity index (χ0) is 22.0. The number of benzene rings is 1. The Morgan fingerprint density at radius 2 is 1.90 bits per heavy atom. The number of ether oxygens (including phenoxy) is 1. The molecule has 0 saturated heterocycles. The highest BCUT2D eigenvalue weighted by Crippen LogP contribution is 2.30. The van der Waals surface area contributed by atoms with Crippen LogP contribution in [0.1, 0.15) is 25.0 Å². The molecule has 0 radical (unpaired) electrons. The number of esters is 1. The van der Waals surface area contributed by atoms with Crippen molar-refractivity contribution in [1.29, 1.82) is 0 Å². The summed E-state index contributed by atoms with van der Waals surface area (Å²) in [5.41, 5.74) is 5.79. The van der Waals surface area contributed by atoms with E-state index in [0.29, 0.717) is 26.0 Å². The fourth-order valence-electron chi connectivity index (χ4n) is 2.74. The number of rotatable bonds is 5. The average Bonchev–Trinajstić information content (AvgIpc) is 3.49. The lowest BCUT2D eigenvalue weighted by Crippen LogP contribution is -2.43. The van der Waals surface area contributed by atoms with Gasteiger partial charge in [0.25, 0.3) is 11.8 Å². The third-order valence-electron chi connectivity index (χ3n) is 4.21. The predicted molar refractivity (Wildman–Crippen MR) is 114 cm³/mol. The molecule has 0 atom stereocenters. The number of aryl methyl sites for hydroxylation is 1. The van der Waals surface area contributed by atoms with Crippen LogP contribution in [0.3, 0.4) is 0 Å². The molecular weight excluding hydrogens is 443 g/mol. The number of halogens is 1. The van der Waals surface area contributed by atoms with Gasteiger partial charge in [0.1, 0.15) is 15.5 Å². The minimum Gasteiger partial charge on any atom is -0.451 e. The topological polar surface area (TPSA) is 102 Å². The highest BCUT2D eigenvalue weighted by Gasteiger charge is 2.19. The first-order valence-electron chi connectivity index (χ1n) is 8.97. The molecule has 4 aromatic rings. The van der Waals surface area contributed by atoms with Crippen molar-refractivity contribution in [1.82, 2.24) is 20.6 Å². The highest BCUT2D eigenvalue weighted by molar-refractivity contribution is 7.20. The number of hydrogen-bond donors (Lipinski definition) is 2. The second-order valence-corrected chi connectivity index (χ2v) is 8.34. The lowest BCUT2D eigenvalue weighted by Gasteiger charge is -2.06. The summed E-state index contributed by atoms with van der Waals surface area (Å²) in [5, 5.41) is 6.93. The maximum absolute atomic E-state index is 13.2. The molecule has 0 fully saturated rings. The average molecular weight is 458 g/mol. The van der Waals surface area contributed by atoms with E-state index in [-0.39, 0.29) is 5.82 Å². The van der Waals surface area contributed by atoms with Crippen molar-refractivity contribution in [3.8, 4) is 5.69 Å². The number of nitrogens with one attached hydrogen (secondary N) is 2. The van der Waals surface area contributed by atoms with Crippen molar-refractivity contribution >= 4 is 50.7 Å². The van der Waals surface area contributed by atoms with E-state index in [1.807, 2.05) is 0 Å². The van der Waals surface area contributed by atoms with Crippen molar-refractivity contribution in [2.24, 2.45) is 0 Å². The van der Waals surface area contributed by atoms with Crippen LogP contribution in [0, 0.1) is 12.7 Å². The summed E-state index contributed by atoms with van der Waals surface area (Å²) in [6.07, 6.45) is 0. The minimum atomic E-state index is -0.675. The van der Waals surface area contributed by atoms with E-state index < -0.39 is 24.4 Å². The summed E-state index contributed by atoms with van der Waals surface area (Å²) in [4.78, 5) is 37.5. The van der Waals surface area contributed by atoms with Gasteiger partial charge in [-0.1, -0.05) is 6.07 Å². The summed E-state index contributed by atoms with van der Waals surface area (Å²) in [7, 11) is 0. The quantitative estimate of drug-likeness (QED) is 0.353. The van der Waals surface area contributed by atoms with E-state index in [2.05, 4.69) is 16.0 Å².